The van der Waals surface area contributed by atoms with Crippen LogP contribution >= 0.6 is 11.3 Å². The van der Waals surface area contributed by atoms with E-state index in [2.05, 4.69) is 24.9 Å². The van der Waals surface area contributed by atoms with Crippen molar-refractivity contribution in [1.29, 1.82) is 0 Å². The van der Waals surface area contributed by atoms with Gasteiger partial charge in [-0.25, -0.2) is 0 Å². The molecular formula is C22H22N2O5S. The van der Waals surface area contributed by atoms with Crippen molar-refractivity contribution in [3.8, 4) is 11.5 Å². The first kappa shape index (κ1) is 20.2. The molecule has 0 spiro atoms. The summed E-state index contributed by atoms with van der Waals surface area (Å²) in [7, 11) is 1.33. The average Bonchev–Trinajstić information content (AvgIpc) is 3.09. The van der Waals surface area contributed by atoms with Crippen molar-refractivity contribution >= 4 is 33.4 Å². The Morgan fingerprint density at radius 3 is 2.73 bits per heavy atom. The summed E-state index contributed by atoms with van der Waals surface area (Å²) in [6.07, 6.45) is -0.845. The number of esters is 1. The van der Waals surface area contributed by atoms with Crippen LogP contribution in [0.25, 0.3) is 10.2 Å². The lowest BCUT2D eigenvalue weighted by Gasteiger charge is -2.23. The first-order valence-electron chi connectivity index (χ1n) is 9.63. The Kier molecular flexibility index (Phi) is 5.59. The van der Waals surface area contributed by atoms with Crippen LogP contribution in [0.2, 0.25) is 0 Å². The number of thiazole rings is 1. The number of nitrogens with zero attached hydrogens (tertiary/aromatic N) is 2. The van der Waals surface area contributed by atoms with Crippen molar-refractivity contribution in [1.82, 2.24) is 4.57 Å². The number of rotatable bonds is 4. The van der Waals surface area contributed by atoms with Gasteiger partial charge in [0.25, 0.3) is 5.91 Å². The summed E-state index contributed by atoms with van der Waals surface area (Å²) in [5.74, 6) is 0.602. The molecule has 0 N–H and O–H groups in total. The zero-order valence-corrected chi connectivity index (χ0v) is 17.8. The molecule has 1 atom stereocenters. The first-order chi connectivity index (χ1) is 14.5. The standard InChI is InChI=1S/C22H22N2O5S/c1-13(2)14-8-9-15-19(10-14)30-22(24(15)11-20(25)27-3)23-21(26)18-12-28-16-6-4-5-7-17(16)29-18/h4-10,13,18H,11-12H2,1-3H3. The maximum Gasteiger partial charge on any atom is 0.325 e. The van der Waals surface area contributed by atoms with Gasteiger partial charge in [-0.3, -0.25) is 9.59 Å². The lowest BCUT2D eigenvalue weighted by atomic mass is 10.0. The van der Waals surface area contributed by atoms with E-state index in [9.17, 15) is 9.59 Å². The van der Waals surface area contributed by atoms with Crippen LogP contribution in [0.4, 0.5) is 0 Å². The molecule has 2 aromatic carbocycles. The average molecular weight is 426 g/mol. The summed E-state index contributed by atoms with van der Waals surface area (Å²) in [5, 5.41) is 0. The number of carbonyl (C=O) groups is 2. The molecule has 0 aliphatic carbocycles. The van der Waals surface area contributed by atoms with E-state index in [1.807, 2.05) is 24.3 Å². The van der Waals surface area contributed by atoms with Crippen LogP contribution in [0, 0.1) is 0 Å². The molecule has 1 aliphatic heterocycles. The second-order valence-electron chi connectivity index (χ2n) is 7.24. The first-order valence-corrected chi connectivity index (χ1v) is 10.4. The number of fused-ring (bicyclic) bond motifs is 2. The summed E-state index contributed by atoms with van der Waals surface area (Å²) in [5.41, 5.74) is 2.00. The molecule has 1 aliphatic rings. The van der Waals surface area contributed by atoms with Gasteiger partial charge in [-0.2, -0.15) is 4.99 Å². The summed E-state index contributed by atoms with van der Waals surface area (Å²) >= 11 is 1.36. The SMILES string of the molecule is COC(=O)Cn1c(=NC(=O)C2COc3ccccc3O2)sc2cc(C(C)C)ccc21. The number of ether oxygens (including phenoxy) is 3. The van der Waals surface area contributed by atoms with Gasteiger partial charge in [0.1, 0.15) is 13.2 Å². The highest BCUT2D eigenvalue weighted by atomic mass is 32.1. The molecule has 8 heteroatoms. The van der Waals surface area contributed by atoms with Gasteiger partial charge in [0, 0.05) is 0 Å². The largest absolute Gasteiger partial charge is 0.485 e. The third-order valence-electron chi connectivity index (χ3n) is 4.88. The minimum atomic E-state index is -0.845. The van der Waals surface area contributed by atoms with E-state index in [-0.39, 0.29) is 13.2 Å². The zero-order chi connectivity index (χ0) is 21.3. The maximum atomic E-state index is 12.8. The van der Waals surface area contributed by atoms with Gasteiger partial charge in [-0.1, -0.05) is 43.4 Å². The van der Waals surface area contributed by atoms with Gasteiger partial charge in [-0.05, 0) is 35.7 Å². The second-order valence-corrected chi connectivity index (χ2v) is 8.25. The molecule has 1 unspecified atom stereocenters. The van der Waals surface area contributed by atoms with Crippen molar-refractivity contribution in [2.75, 3.05) is 13.7 Å². The maximum absolute atomic E-state index is 12.8. The van der Waals surface area contributed by atoms with E-state index in [1.54, 1.807) is 16.7 Å². The Morgan fingerprint density at radius 2 is 2.00 bits per heavy atom. The normalized spacial score (nSPS) is 16.1. The van der Waals surface area contributed by atoms with Crippen LogP contribution in [0.5, 0.6) is 11.5 Å². The molecule has 30 heavy (non-hydrogen) atoms. The second kappa shape index (κ2) is 8.31. The Morgan fingerprint density at radius 1 is 1.23 bits per heavy atom. The van der Waals surface area contributed by atoms with Crippen molar-refractivity contribution in [3.05, 3.63) is 52.8 Å². The molecule has 0 radical (unpaired) electrons. The van der Waals surface area contributed by atoms with Crippen molar-refractivity contribution < 1.29 is 23.8 Å². The van der Waals surface area contributed by atoms with Gasteiger partial charge in [0.2, 0.25) is 6.10 Å². The molecule has 0 saturated carbocycles. The number of carbonyl (C=O) groups excluding carboxylic acids is 2. The van der Waals surface area contributed by atoms with Crippen LogP contribution in [0.1, 0.15) is 25.3 Å². The van der Waals surface area contributed by atoms with E-state index in [4.69, 9.17) is 14.2 Å². The van der Waals surface area contributed by atoms with E-state index in [0.29, 0.717) is 22.2 Å². The molecule has 1 aromatic heterocycles. The topological polar surface area (TPSA) is 79.1 Å². The number of hydrogen-bond donors (Lipinski definition) is 0. The zero-order valence-electron chi connectivity index (χ0n) is 17.0. The van der Waals surface area contributed by atoms with Gasteiger partial charge >= 0.3 is 5.97 Å². The van der Waals surface area contributed by atoms with E-state index < -0.39 is 18.0 Å². The number of aromatic nitrogens is 1. The van der Waals surface area contributed by atoms with Crippen LogP contribution in [0.15, 0.2) is 47.5 Å². The molecule has 2 heterocycles. The highest BCUT2D eigenvalue weighted by Gasteiger charge is 2.27. The monoisotopic (exact) mass is 426 g/mol. The van der Waals surface area contributed by atoms with Gasteiger partial charge in [-0.15, -0.1) is 0 Å². The summed E-state index contributed by atoms with van der Waals surface area (Å²) < 4.78 is 18.9. The Bertz CT molecular complexity index is 1180. The third-order valence-corrected chi connectivity index (χ3v) is 5.92. The fourth-order valence-electron chi connectivity index (χ4n) is 3.19. The number of amides is 1. The van der Waals surface area contributed by atoms with Gasteiger partial charge in [0.05, 0.1) is 17.3 Å². The highest BCUT2D eigenvalue weighted by molar-refractivity contribution is 7.16. The van der Waals surface area contributed by atoms with Crippen LogP contribution < -0.4 is 14.3 Å². The summed E-state index contributed by atoms with van der Waals surface area (Å²) in [6, 6.07) is 13.2. The van der Waals surface area contributed by atoms with Crippen molar-refractivity contribution in [2.45, 2.75) is 32.4 Å². The van der Waals surface area contributed by atoms with Crippen LogP contribution in [0.3, 0.4) is 0 Å². The Hall–Kier alpha value is -3.13. The highest BCUT2D eigenvalue weighted by Crippen LogP contribution is 2.31. The molecule has 0 fully saturated rings. The van der Waals surface area contributed by atoms with E-state index in [0.717, 1.165) is 10.2 Å². The lowest BCUT2D eigenvalue weighted by molar-refractivity contribution is -0.141. The molecule has 1 amide bonds. The predicted molar refractivity (Wildman–Crippen MR) is 113 cm³/mol. The van der Waals surface area contributed by atoms with Crippen LogP contribution in [-0.4, -0.2) is 36.3 Å². The molecule has 156 valence electrons. The minimum Gasteiger partial charge on any atom is -0.485 e. The Labute approximate surface area is 177 Å². The number of hydrogen-bond acceptors (Lipinski definition) is 6. The Balaban J connectivity index is 1.72. The molecule has 7 nitrogen and oxygen atoms in total. The lowest BCUT2D eigenvalue weighted by Crippen LogP contribution is -2.37. The number of para-hydroxylation sites is 2. The summed E-state index contributed by atoms with van der Waals surface area (Å²) in [4.78, 5) is 29.5. The fraction of sp³-hybridized carbons (Fsp3) is 0.318. The molecular weight excluding hydrogens is 404 g/mol. The van der Waals surface area contributed by atoms with Gasteiger partial charge in [0.15, 0.2) is 16.3 Å². The van der Waals surface area contributed by atoms with Crippen molar-refractivity contribution in [3.63, 3.8) is 0 Å². The van der Waals surface area contributed by atoms with E-state index in [1.165, 1.54) is 24.0 Å². The van der Waals surface area contributed by atoms with Gasteiger partial charge < -0.3 is 18.8 Å². The molecule has 0 saturated heterocycles. The fourth-order valence-corrected chi connectivity index (χ4v) is 4.27. The predicted octanol–water partition coefficient (Wildman–Crippen LogP) is 3.27. The molecule has 3 aromatic rings. The van der Waals surface area contributed by atoms with Crippen molar-refractivity contribution in [2.24, 2.45) is 4.99 Å². The smallest absolute Gasteiger partial charge is 0.325 e. The molecule has 0 bridgehead atoms. The van der Waals surface area contributed by atoms with E-state index >= 15 is 0 Å². The minimum absolute atomic E-state index is 0.0332. The number of benzene rings is 2. The quantitative estimate of drug-likeness (QED) is 0.599. The molecule has 4 rings (SSSR count). The van der Waals surface area contributed by atoms with Crippen LogP contribution in [-0.2, 0) is 20.9 Å². The summed E-state index contributed by atoms with van der Waals surface area (Å²) in [6.45, 7) is 4.28. The number of methoxy groups -OCH3 is 1. The third kappa shape index (κ3) is 3.95.